The molecule has 0 atom stereocenters. The van der Waals surface area contributed by atoms with Crippen molar-refractivity contribution in [3.8, 4) is 0 Å². The Balaban J connectivity index is 1.68. The summed E-state index contributed by atoms with van der Waals surface area (Å²) in [4.78, 5) is 16.3. The van der Waals surface area contributed by atoms with Crippen LogP contribution in [0.1, 0.15) is 21.6 Å². The second kappa shape index (κ2) is 6.27. The van der Waals surface area contributed by atoms with Crippen molar-refractivity contribution in [3.63, 3.8) is 0 Å². The lowest BCUT2D eigenvalue weighted by Gasteiger charge is -2.08. The van der Waals surface area contributed by atoms with E-state index in [0.29, 0.717) is 11.2 Å². The predicted molar refractivity (Wildman–Crippen MR) is 85.5 cm³/mol. The first-order chi connectivity index (χ1) is 11.3. The van der Waals surface area contributed by atoms with Crippen LogP contribution >= 0.6 is 15.9 Å². The number of carbonyl (C=O) groups excluding carboxylic acids is 1. The van der Waals surface area contributed by atoms with Crippen molar-refractivity contribution in [3.05, 3.63) is 70.1 Å². The van der Waals surface area contributed by atoms with Crippen molar-refractivity contribution in [2.45, 2.75) is 12.7 Å². The van der Waals surface area contributed by atoms with Crippen LogP contribution in [-0.4, -0.2) is 15.3 Å². The van der Waals surface area contributed by atoms with E-state index in [2.05, 4.69) is 26.2 Å². The number of fused-ring (bicyclic) bond motifs is 1. The number of nitrogens with one attached hydrogen (secondary N) is 1. The molecule has 3 aromatic rings. The second-order valence-electron chi connectivity index (χ2n) is 5.12. The summed E-state index contributed by atoms with van der Waals surface area (Å²) in [7, 11) is 0. The van der Waals surface area contributed by atoms with Crippen molar-refractivity contribution in [2.24, 2.45) is 0 Å². The molecular formula is C16H11BrF3N3O. The normalized spacial score (nSPS) is 11.7. The number of hydrogen-bond acceptors (Lipinski definition) is 2. The van der Waals surface area contributed by atoms with Crippen molar-refractivity contribution < 1.29 is 18.0 Å². The summed E-state index contributed by atoms with van der Waals surface area (Å²) in [5, 5.41) is 2.64. The van der Waals surface area contributed by atoms with Crippen LogP contribution in [0.5, 0.6) is 0 Å². The molecule has 4 nitrogen and oxygen atoms in total. The highest BCUT2D eigenvalue weighted by atomic mass is 79.9. The molecule has 24 heavy (non-hydrogen) atoms. The Morgan fingerprint density at radius 1 is 1.12 bits per heavy atom. The molecule has 2 heterocycles. The molecule has 0 fully saturated rings. The molecule has 124 valence electrons. The quantitative estimate of drug-likeness (QED) is 0.724. The highest BCUT2D eigenvalue weighted by Crippen LogP contribution is 2.29. The van der Waals surface area contributed by atoms with E-state index in [0.717, 1.165) is 16.6 Å². The van der Waals surface area contributed by atoms with E-state index in [-0.39, 0.29) is 12.2 Å². The van der Waals surface area contributed by atoms with Gasteiger partial charge in [-0.25, -0.2) is 4.98 Å². The minimum absolute atomic E-state index is 0.120. The van der Waals surface area contributed by atoms with E-state index in [1.807, 2.05) is 6.07 Å². The van der Waals surface area contributed by atoms with Gasteiger partial charge in [-0.2, -0.15) is 13.2 Å². The first-order valence-electron chi connectivity index (χ1n) is 6.91. The molecular weight excluding hydrogens is 387 g/mol. The Labute approximate surface area is 143 Å². The van der Waals surface area contributed by atoms with E-state index in [1.54, 1.807) is 22.9 Å². The number of carbonyl (C=O) groups is 1. The number of benzene rings is 1. The Hall–Kier alpha value is -2.35. The summed E-state index contributed by atoms with van der Waals surface area (Å²) >= 11 is 3.33. The molecule has 0 aliphatic carbocycles. The summed E-state index contributed by atoms with van der Waals surface area (Å²) < 4.78 is 40.1. The minimum atomic E-state index is -4.37. The van der Waals surface area contributed by atoms with Crippen molar-refractivity contribution in [2.75, 3.05) is 0 Å². The average Bonchev–Trinajstić information content (AvgIpc) is 2.95. The van der Waals surface area contributed by atoms with Gasteiger partial charge in [0.2, 0.25) is 0 Å². The maximum Gasteiger partial charge on any atom is 0.416 e. The first-order valence-corrected chi connectivity index (χ1v) is 7.71. The SMILES string of the molecule is O=C(NCc1ccc(C(F)(F)F)cc1)c1cn2cc(Br)ccc2n1. The predicted octanol–water partition coefficient (Wildman–Crippen LogP) is 4.05. The smallest absolute Gasteiger partial charge is 0.347 e. The number of halogens is 4. The molecule has 8 heteroatoms. The van der Waals surface area contributed by atoms with Gasteiger partial charge in [0, 0.05) is 23.4 Å². The number of amides is 1. The van der Waals surface area contributed by atoms with Crippen LogP contribution in [0.25, 0.3) is 5.65 Å². The number of aromatic nitrogens is 2. The fourth-order valence-corrected chi connectivity index (χ4v) is 2.51. The van der Waals surface area contributed by atoms with Gasteiger partial charge in [0.1, 0.15) is 11.3 Å². The molecule has 1 amide bonds. The lowest BCUT2D eigenvalue weighted by molar-refractivity contribution is -0.137. The third-order valence-electron chi connectivity index (χ3n) is 3.38. The zero-order chi connectivity index (χ0) is 17.3. The van der Waals surface area contributed by atoms with Gasteiger partial charge in [-0.05, 0) is 45.8 Å². The Bertz CT molecular complexity index is 888. The fraction of sp³-hybridized carbons (Fsp3) is 0.125. The number of rotatable bonds is 3. The molecule has 0 aliphatic rings. The van der Waals surface area contributed by atoms with Gasteiger partial charge in [-0.1, -0.05) is 12.1 Å². The second-order valence-corrected chi connectivity index (χ2v) is 6.03. The van der Waals surface area contributed by atoms with Gasteiger partial charge < -0.3 is 9.72 Å². The topological polar surface area (TPSA) is 46.4 Å². The van der Waals surface area contributed by atoms with Gasteiger partial charge >= 0.3 is 6.18 Å². The number of hydrogen-bond donors (Lipinski definition) is 1. The first kappa shape index (κ1) is 16.5. The summed E-state index contributed by atoms with van der Waals surface area (Å²) in [6.07, 6.45) is -1.01. The number of imidazole rings is 1. The highest BCUT2D eigenvalue weighted by molar-refractivity contribution is 9.10. The zero-order valence-electron chi connectivity index (χ0n) is 12.1. The largest absolute Gasteiger partial charge is 0.416 e. The van der Waals surface area contributed by atoms with Crippen LogP contribution < -0.4 is 5.32 Å². The van der Waals surface area contributed by atoms with Gasteiger partial charge in [-0.3, -0.25) is 4.79 Å². The van der Waals surface area contributed by atoms with E-state index in [1.165, 1.54) is 12.1 Å². The van der Waals surface area contributed by atoms with Crippen LogP contribution in [0, 0.1) is 0 Å². The van der Waals surface area contributed by atoms with Crippen LogP contribution in [0.4, 0.5) is 13.2 Å². The molecule has 0 spiro atoms. The minimum Gasteiger partial charge on any atom is -0.347 e. The summed E-state index contributed by atoms with van der Waals surface area (Å²) in [5.74, 6) is -0.394. The monoisotopic (exact) mass is 397 g/mol. The fourth-order valence-electron chi connectivity index (χ4n) is 2.16. The number of pyridine rings is 1. The molecule has 1 N–H and O–H groups in total. The molecule has 0 radical (unpaired) electrons. The molecule has 0 bridgehead atoms. The van der Waals surface area contributed by atoms with Gasteiger partial charge in [-0.15, -0.1) is 0 Å². The van der Waals surface area contributed by atoms with Crippen molar-refractivity contribution in [1.29, 1.82) is 0 Å². The van der Waals surface area contributed by atoms with Crippen LogP contribution in [0.2, 0.25) is 0 Å². The highest BCUT2D eigenvalue weighted by Gasteiger charge is 2.29. The molecule has 3 rings (SSSR count). The maximum atomic E-state index is 12.5. The van der Waals surface area contributed by atoms with E-state index >= 15 is 0 Å². The van der Waals surface area contributed by atoms with Crippen molar-refractivity contribution >= 4 is 27.5 Å². The summed E-state index contributed by atoms with van der Waals surface area (Å²) in [5.41, 5.74) is 0.712. The van der Waals surface area contributed by atoms with E-state index < -0.39 is 17.6 Å². The molecule has 0 unspecified atom stereocenters. The maximum absolute atomic E-state index is 12.5. The Kier molecular flexibility index (Phi) is 4.31. The van der Waals surface area contributed by atoms with Gasteiger partial charge in [0.15, 0.2) is 0 Å². The van der Waals surface area contributed by atoms with Crippen LogP contribution in [0.3, 0.4) is 0 Å². The van der Waals surface area contributed by atoms with E-state index in [4.69, 9.17) is 0 Å². The summed E-state index contributed by atoms with van der Waals surface area (Å²) in [6.45, 7) is 0.120. The molecule has 2 aromatic heterocycles. The third-order valence-corrected chi connectivity index (χ3v) is 3.85. The van der Waals surface area contributed by atoms with Gasteiger partial charge in [0.05, 0.1) is 5.56 Å². The number of nitrogens with zero attached hydrogens (tertiary/aromatic N) is 2. The van der Waals surface area contributed by atoms with Crippen LogP contribution in [-0.2, 0) is 12.7 Å². The lowest BCUT2D eigenvalue weighted by Crippen LogP contribution is -2.23. The zero-order valence-corrected chi connectivity index (χ0v) is 13.7. The number of alkyl halides is 3. The lowest BCUT2D eigenvalue weighted by atomic mass is 10.1. The molecule has 0 saturated carbocycles. The van der Waals surface area contributed by atoms with Crippen molar-refractivity contribution in [1.82, 2.24) is 14.7 Å². The van der Waals surface area contributed by atoms with Gasteiger partial charge in [0.25, 0.3) is 5.91 Å². The summed E-state index contributed by atoms with van der Waals surface area (Å²) in [6, 6.07) is 8.23. The standard InChI is InChI=1S/C16H11BrF3N3O/c17-12-5-6-14-22-13(9-23(14)8-12)15(24)21-7-10-1-3-11(4-2-10)16(18,19)20/h1-6,8-9H,7H2,(H,21,24). The average molecular weight is 398 g/mol. The molecule has 0 aliphatic heterocycles. The third kappa shape index (κ3) is 3.59. The Morgan fingerprint density at radius 2 is 1.83 bits per heavy atom. The molecule has 1 aromatic carbocycles. The molecule has 0 saturated heterocycles. The van der Waals surface area contributed by atoms with Crippen LogP contribution in [0.15, 0.2) is 53.3 Å². The Morgan fingerprint density at radius 3 is 2.50 bits per heavy atom. The van der Waals surface area contributed by atoms with E-state index in [9.17, 15) is 18.0 Å².